The van der Waals surface area contributed by atoms with Crippen LogP contribution in [0.1, 0.15) is 44.7 Å². The van der Waals surface area contributed by atoms with Crippen LogP contribution in [0.15, 0.2) is 18.2 Å². The van der Waals surface area contributed by atoms with Crippen LogP contribution < -0.4 is 4.74 Å². The first kappa shape index (κ1) is 14.7. The first-order chi connectivity index (χ1) is 8.30. The molecule has 0 spiro atoms. The van der Waals surface area contributed by atoms with Gasteiger partial charge in [-0.3, -0.25) is 4.79 Å². The summed E-state index contributed by atoms with van der Waals surface area (Å²) in [5.41, 5.74) is 2.43. The van der Waals surface area contributed by atoms with Crippen molar-refractivity contribution in [2.75, 3.05) is 7.11 Å². The first-order valence-corrected chi connectivity index (χ1v) is 6.46. The number of Topliss-reactive ketones (excluding diaryl/α,β-unsaturated/α-hetero) is 1. The van der Waals surface area contributed by atoms with Gasteiger partial charge in [0.25, 0.3) is 0 Å². The Morgan fingerprint density at radius 3 is 2.44 bits per heavy atom. The Labute approximate surface area is 110 Å². The Hall–Kier alpha value is -1.31. The summed E-state index contributed by atoms with van der Waals surface area (Å²) in [6.07, 6.45) is 2.06. The van der Waals surface area contributed by atoms with Crippen LogP contribution in [0.25, 0.3) is 0 Å². The third kappa shape index (κ3) is 5.35. The molecule has 0 bridgehead atoms. The molecular weight excluding hydrogens is 224 g/mol. The molecule has 0 amide bonds. The predicted octanol–water partition coefficient (Wildman–Crippen LogP) is 3.94. The van der Waals surface area contributed by atoms with Gasteiger partial charge >= 0.3 is 0 Å². The summed E-state index contributed by atoms with van der Waals surface area (Å²) >= 11 is 0. The van der Waals surface area contributed by atoms with Crippen LogP contribution in [0, 0.1) is 12.3 Å². The van der Waals surface area contributed by atoms with E-state index in [1.807, 2.05) is 19.1 Å². The van der Waals surface area contributed by atoms with E-state index in [9.17, 15) is 4.79 Å². The molecule has 0 atom stereocenters. The van der Waals surface area contributed by atoms with Crippen LogP contribution in [0.4, 0.5) is 0 Å². The van der Waals surface area contributed by atoms with E-state index in [0.29, 0.717) is 18.6 Å². The van der Waals surface area contributed by atoms with E-state index in [1.165, 1.54) is 11.1 Å². The molecule has 0 aliphatic heterocycles. The molecule has 2 heteroatoms. The van der Waals surface area contributed by atoms with E-state index in [1.54, 1.807) is 7.11 Å². The standard InChI is InChI=1S/C16H24O2/c1-12-8-13(10-15(9-12)18-5)6-7-14(17)11-16(2,3)4/h8-10H,6-7,11H2,1-5H3. The van der Waals surface area contributed by atoms with E-state index < -0.39 is 0 Å². The van der Waals surface area contributed by atoms with Crippen LogP contribution in [0.5, 0.6) is 5.75 Å². The van der Waals surface area contributed by atoms with Crippen LogP contribution in [-0.4, -0.2) is 12.9 Å². The van der Waals surface area contributed by atoms with E-state index in [4.69, 9.17) is 4.74 Å². The highest BCUT2D eigenvalue weighted by atomic mass is 16.5. The molecule has 100 valence electrons. The summed E-state index contributed by atoms with van der Waals surface area (Å²) in [5, 5.41) is 0. The second-order valence-electron chi connectivity index (χ2n) is 6.13. The number of methoxy groups -OCH3 is 1. The zero-order valence-corrected chi connectivity index (χ0v) is 12.2. The average Bonchev–Trinajstić information content (AvgIpc) is 2.23. The van der Waals surface area contributed by atoms with Gasteiger partial charge in [0.1, 0.15) is 11.5 Å². The molecule has 1 aromatic rings. The Morgan fingerprint density at radius 1 is 1.22 bits per heavy atom. The highest BCUT2D eigenvalue weighted by molar-refractivity contribution is 5.79. The quantitative estimate of drug-likeness (QED) is 0.789. The molecule has 0 fully saturated rings. The molecule has 18 heavy (non-hydrogen) atoms. The largest absolute Gasteiger partial charge is 0.497 e. The van der Waals surface area contributed by atoms with Gasteiger partial charge < -0.3 is 4.74 Å². The summed E-state index contributed by atoms with van der Waals surface area (Å²) in [6, 6.07) is 6.13. The molecule has 0 aromatic heterocycles. The Morgan fingerprint density at radius 2 is 1.89 bits per heavy atom. The lowest BCUT2D eigenvalue weighted by molar-refractivity contribution is -0.120. The number of ketones is 1. The number of carbonyl (C=O) groups is 1. The van der Waals surface area contributed by atoms with Crippen molar-refractivity contribution >= 4 is 5.78 Å². The lowest BCUT2D eigenvalue weighted by atomic mass is 9.88. The van der Waals surface area contributed by atoms with Crippen molar-refractivity contribution in [3.8, 4) is 5.75 Å². The number of ether oxygens (including phenoxy) is 1. The van der Waals surface area contributed by atoms with E-state index >= 15 is 0 Å². The smallest absolute Gasteiger partial charge is 0.133 e. The van der Waals surface area contributed by atoms with Crippen molar-refractivity contribution in [1.29, 1.82) is 0 Å². The molecule has 0 N–H and O–H groups in total. The maximum absolute atomic E-state index is 11.8. The minimum Gasteiger partial charge on any atom is -0.497 e. The highest BCUT2D eigenvalue weighted by Gasteiger charge is 2.15. The molecule has 0 aliphatic rings. The van der Waals surface area contributed by atoms with E-state index in [0.717, 1.165) is 12.2 Å². The lowest BCUT2D eigenvalue weighted by Crippen LogP contribution is -2.13. The third-order valence-corrected chi connectivity index (χ3v) is 2.77. The van der Waals surface area contributed by atoms with Crippen molar-refractivity contribution in [2.45, 2.75) is 47.0 Å². The minimum atomic E-state index is 0.0847. The van der Waals surface area contributed by atoms with Crippen molar-refractivity contribution < 1.29 is 9.53 Å². The van der Waals surface area contributed by atoms with Crippen molar-refractivity contribution in [2.24, 2.45) is 5.41 Å². The third-order valence-electron chi connectivity index (χ3n) is 2.77. The predicted molar refractivity (Wildman–Crippen MR) is 75.1 cm³/mol. The molecule has 0 aliphatic carbocycles. The number of rotatable bonds is 5. The fourth-order valence-corrected chi connectivity index (χ4v) is 2.05. The summed E-state index contributed by atoms with van der Waals surface area (Å²) in [5.74, 6) is 1.20. The summed E-state index contributed by atoms with van der Waals surface area (Å²) < 4.78 is 5.24. The van der Waals surface area contributed by atoms with Gasteiger partial charge in [0, 0.05) is 12.8 Å². The van der Waals surface area contributed by atoms with Crippen LogP contribution >= 0.6 is 0 Å². The fraction of sp³-hybridized carbons (Fsp3) is 0.562. The molecule has 0 heterocycles. The van der Waals surface area contributed by atoms with Gasteiger partial charge in [-0.25, -0.2) is 0 Å². The Bertz CT molecular complexity index is 414. The molecule has 0 saturated carbocycles. The first-order valence-electron chi connectivity index (χ1n) is 6.46. The summed E-state index contributed by atoms with van der Waals surface area (Å²) in [7, 11) is 1.67. The molecule has 1 aromatic carbocycles. The molecule has 1 rings (SSSR count). The minimum absolute atomic E-state index is 0.0847. The van der Waals surface area contributed by atoms with E-state index in [-0.39, 0.29) is 5.41 Å². The molecular formula is C16H24O2. The topological polar surface area (TPSA) is 26.3 Å². The average molecular weight is 248 g/mol. The van der Waals surface area contributed by atoms with Gasteiger partial charge in [0.2, 0.25) is 0 Å². The number of benzene rings is 1. The van der Waals surface area contributed by atoms with Gasteiger partial charge in [-0.2, -0.15) is 0 Å². The number of carbonyl (C=O) groups excluding carboxylic acids is 1. The van der Waals surface area contributed by atoms with Gasteiger partial charge in [0.05, 0.1) is 7.11 Å². The summed E-state index contributed by atoms with van der Waals surface area (Å²) in [4.78, 5) is 11.8. The SMILES string of the molecule is COc1cc(C)cc(CCC(=O)CC(C)(C)C)c1. The molecule has 2 nitrogen and oxygen atoms in total. The second-order valence-corrected chi connectivity index (χ2v) is 6.13. The Balaban J connectivity index is 2.58. The zero-order chi connectivity index (χ0) is 13.8. The molecule has 0 radical (unpaired) electrons. The van der Waals surface area contributed by atoms with Gasteiger partial charge in [-0.05, 0) is 42.0 Å². The van der Waals surface area contributed by atoms with Gasteiger partial charge in [0.15, 0.2) is 0 Å². The van der Waals surface area contributed by atoms with Gasteiger partial charge in [-0.15, -0.1) is 0 Å². The molecule has 0 unspecified atom stereocenters. The zero-order valence-electron chi connectivity index (χ0n) is 12.2. The van der Waals surface area contributed by atoms with E-state index in [2.05, 4.69) is 26.8 Å². The fourth-order valence-electron chi connectivity index (χ4n) is 2.05. The van der Waals surface area contributed by atoms with Crippen molar-refractivity contribution in [1.82, 2.24) is 0 Å². The maximum atomic E-state index is 11.8. The van der Waals surface area contributed by atoms with Crippen LogP contribution in [-0.2, 0) is 11.2 Å². The second kappa shape index (κ2) is 6.03. The monoisotopic (exact) mass is 248 g/mol. The number of hydrogen-bond acceptors (Lipinski definition) is 2. The lowest BCUT2D eigenvalue weighted by Gasteiger charge is -2.16. The maximum Gasteiger partial charge on any atom is 0.133 e. The van der Waals surface area contributed by atoms with Crippen molar-refractivity contribution in [3.05, 3.63) is 29.3 Å². The van der Waals surface area contributed by atoms with Crippen molar-refractivity contribution in [3.63, 3.8) is 0 Å². The normalized spacial score (nSPS) is 11.4. The van der Waals surface area contributed by atoms with Crippen LogP contribution in [0.3, 0.4) is 0 Å². The summed E-state index contributed by atoms with van der Waals surface area (Å²) in [6.45, 7) is 8.34. The van der Waals surface area contributed by atoms with Gasteiger partial charge in [-0.1, -0.05) is 26.8 Å². The van der Waals surface area contributed by atoms with Crippen LogP contribution in [0.2, 0.25) is 0 Å². The molecule has 0 saturated heterocycles. The highest BCUT2D eigenvalue weighted by Crippen LogP contribution is 2.21. The number of hydrogen-bond donors (Lipinski definition) is 0. The Kier molecular flexibility index (Phi) is 4.94. The number of aryl methyl sites for hydroxylation is 2.